The van der Waals surface area contributed by atoms with Gasteiger partial charge in [-0.2, -0.15) is 0 Å². The zero-order valence-corrected chi connectivity index (χ0v) is 18.4. The summed E-state index contributed by atoms with van der Waals surface area (Å²) in [5.74, 6) is 1.29. The van der Waals surface area contributed by atoms with Crippen LogP contribution in [0.4, 0.5) is 5.69 Å². The molecule has 1 atom stereocenters. The molecule has 0 amide bonds. The zero-order chi connectivity index (χ0) is 20.8. The monoisotopic (exact) mass is 429 g/mol. The van der Waals surface area contributed by atoms with Gasteiger partial charge in [0, 0.05) is 57.7 Å². The lowest BCUT2D eigenvalue weighted by Crippen LogP contribution is -2.54. The van der Waals surface area contributed by atoms with Crippen LogP contribution in [-0.4, -0.2) is 86.9 Å². The van der Waals surface area contributed by atoms with Gasteiger partial charge in [-0.3, -0.25) is 9.89 Å². The van der Waals surface area contributed by atoms with Crippen molar-refractivity contribution >= 4 is 23.0 Å². The van der Waals surface area contributed by atoms with Gasteiger partial charge < -0.3 is 25.0 Å². The average Bonchev–Trinajstić information content (AvgIpc) is 3.33. The van der Waals surface area contributed by atoms with Crippen molar-refractivity contribution in [2.45, 2.75) is 6.04 Å². The number of ether oxygens (including phenoxy) is 1. The summed E-state index contributed by atoms with van der Waals surface area (Å²) < 4.78 is 5.55. The van der Waals surface area contributed by atoms with Crippen LogP contribution in [0.3, 0.4) is 0 Å². The van der Waals surface area contributed by atoms with Gasteiger partial charge in [-0.15, -0.1) is 11.3 Å². The second-order valence-electron chi connectivity index (χ2n) is 7.57. The molecule has 7 nitrogen and oxygen atoms in total. The summed E-state index contributed by atoms with van der Waals surface area (Å²) in [7, 11) is 1.85. The number of thiophene rings is 1. The largest absolute Gasteiger partial charge is 0.506 e. The molecule has 0 bridgehead atoms. The molecule has 4 rings (SSSR count). The highest BCUT2D eigenvalue weighted by Crippen LogP contribution is 2.28. The van der Waals surface area contributed by atoms with E-state index in [2.05, 4.69) is 42.5 Å². The van der Waals surface area contributed by atoms with E-state index in [0.29, 0.717) is 11.8 Å². The van der Waals surface area contributed by atoms with Gasteiger partial charge in [-0.1, -0.05) is 18.2 Å². The van der Waals surface area contributed by atoms with Crippen LogP contribution in [0.5, 0.6) is 5.75 Å². The molecule has 0 saturated carbocycles. The topological polar surface area (TPSA) is 63.6 Å². The quantitative estimate of drug-likeness (QED) is 0.561. The molecule has 0 spiro atoms. The van der Waals surface area contributed by atoms with Crippen LogP contribution in [0.1, 0.15) is 10.9 Å². The lowest BCUT2D eigenvalue weighted by Gasteiger charge is -2.39. The summed E-state index contributed by atoms with van der Waals surface area (Å²) in [6.07, 6.45) is 0. The Morgan fingerprint density at radius 2 is 1.87 bits per heavy atom. The Morgan fingerprint density at radius 1 is 1.10 bits per heavy atom. The number of guanidine groups is 1. The number of para-hydroxylation sites is 2. The lowest BCUT2D eigenvalue weighted by atomic mass is 10.2. The minimum absolute atomic E-state index is 0.327. The van der Waals surface area contributed by atoms with Crippen molar-refractivity contribution in [3.05, 3.63) is 46.7 Å². The van der Waals surface area contributed by atoms with Crippen molar-refractivity contribution in [3.8, 4) is 5.75 Å². The fourth-order valence-electron chi connectivity index (χ4n) is 4.19. The van der Waals surface area contributed by atoms with E-state index in [4.69, 9.17) is 4.74 Å². The van der Waals surface area contributed by atoms with Crippen molar-refractivity contribution in [2.75, 3.05) is 71.0 Å². The normalized spacial score (nSPS) is 19.7. The molecular formula is C22H31N5O2S. The van der Waals surface area contributed by atoms with E-state index in [0.717, 1.165) is 70.7 Å². The van der Waals surface area contributed by atoms with Crippen LogP contribution >= 0.6 is 11.3 Å². The molecule has 2 fully saturated rings. The highest BCUT2D eigenvalue weighted by Gasteiger charge is 2.26. The van der Waals surface area contributed by atoms with Crippen LogP contribution < -0.4 is 10.2 Å². The van der Waals surface area contributed by atoms with Gasteiger partial charge in [0.1, 0.15) is 5.75 Å². The maximum Gasteiger partial charge on any atom is 0.193 e. The Kier molecular flexibility index (Phi) is 7.09. The van der Waals surface area contributed by atoms with Gasteiger partial charge in [-0.05, 0) is 23.6 Å². The minimum Gasteiger partial charge on any atom is -0.506 e. The van der Waals surface area contributed by atoms with Gasteiger partial charge >= 0.3 is 0 Å². The number of phenols is 1. The van der Waals surface area contributed by atoms with E-state index in [1.807, 2.05) is 36.6 Å². The molecule has 3 heterocycles. The molecular weight excluding hydrogens is 398 g/mol. The number of aromatic hydroxyl groups is 1. The number of hydrogen-bond donors (Lipinski definition) is 2. The average molecular weight is 430 g/mol. The fraction of sp³-hybridized carbons (Fsp3) is 0.500. The van der Waals surface area contributed by atoms with Crippen LogP contribution in [0.25, 0.3) is 0 Å². The summed E-state index contributed by atoms with van der Waals surface area (Å²) in [6, 6.07) is 12.2. The van der Waals surface area contributed by atoms with E-state index in [1.54, 1.807) is 6.07 Å². The molecule has 0 radical (unpaired) electrons. The van der Waals surface area contributed by atoms with Crippen molar-refractivity contribution in [1.82, 2.24) is 15.1 Å². The van der Waals surface area contributed by atoms with Crippen molar-refractivity contribution in [3.63, 3.8) is 0 Å². The van der Waals surface area contributed by atoms with Gasteiger partial charge in [0.15, 0.2) is 5.96 Å². The molecule has 1 aromatic heterocycles. The van der Waals surface area contributed by atoms with Crippen molar-refractivity contribution in [1.29, 1.82) is 0 Å². The van der Waals surface area contributed by atoms with Crippen LogP contribution in [-0.2, 0) is 4.74 Å². The Labute approximate surface area is 182 Å². The fourth-order valence-corrected chi connectivity index (χ4v) is 5.05. The number of benzene rings is 1. The van der Waals surface area contributed by atoms with Crippen LogP contribution in [0, 0.1) is 0 Å². The highest BCUT2D eigenvalue weighted by molar-refractivity contribution is 7.10. The molecule has 8 heteroatoms. The Balaban J connectivity index is 1.35. The van der Waals surface area contributed by atoms with Crippen molar-refractivity contribution in [2.24, 2.45) is 4.99 Å². The Bertz CT molecular complexity index is 815. The van der Waals surface area contributed by atoms with Crippen LogP contribution in [0.15, 0.2) is 46.8 Å². The van der Waals surface area contributed by atoms with E-state index >= 15 is 0 Å². The maximum absolute atomic E-state index is 10.1. The predicted molar refractivity (Wildman–Crippen MR) is 123 cm³/mol. The molecule has 2 N–H and O–H groups in total. The Morgan fingerprint density at radius 3 is 2.53 bits per heavy atom. The standard InChI is InChI=1S/C22H31N5O2S/c1-23-22(27-10-8-25(9-11-27)18-5-2-3-6-20(18)28)24-17-19(21-7-4-16-30-21)26-12-14-29-15-13-26/h2-7,16,19,28H,8-15,17H2,1H3,(H,23,24). The second kappa shape index (κ2) is 10.1. The van der Waals surface area contributed by atoms with Gasteiger partial charge in [0.2, 0.25) is 0 Å². The molecule has 30 heavy (non-hydrogen) atoms. The third kappa shape index (κ3) is 4.88. The van der Waals surface area contributed by atoms with E-state index in [-0.39, 0.29) is 0 Å². The number of phenolic OH excluding ortho intramolecular Hbond substituents is 1. The van der Waals surface area contributed by atoms with Crippen molar-refractivity contribution < 1.29 is 9.84 Å². The van der Waals surface area contributed by atoms with E-state index in [9.17, 15) is 5.11 Å². The first-order valence-electron chi connectivity index (χ1n) is 10.6. The molecule has 2 aliphatic rings. The number of aliphatic imine (C=N–C) groups is 1. The predicted octanol–water partition coefficient (Wildman–Crippen LogP) is 2.22. The number of hydrogen-bond acceptors (Lipinski definition) is 6. The molecule has 162 valence electrons. The van der Waals surface area contributed by atoms with Gasteiger partial charge in [0.25, 0.3) is 0 Å². The van der Waals surface area contributed by atoms with Gasteiger partial charge in [0.05, 0.1) is 24.9 Å². The summed E-state index contributed by atoms with van der Waals surface area (Å²) in [4.78, 5) is 13.0. The third-order valence-electron chi connectivity index (χ3n) is 5.83. The minimum atomic E-state index is 0.327. The summed E-state index contributed by atoms with van der Waals surface area (Å²) in [6.45, 7) is 7.80. The third-order valence-corrected chi connectivity index (χ3v) is 6.80. The smallest absolute Gasteiger partial charge is 0.193 e. The second-order valence-corrected chi connectivity index (χ2v) is 8.55. The molecule has 1 unspecified atom stereocenters. The lowest BCUT2D eigenvalue weighted by molar-refractivity contribution is 0.0176. The maximum atomic E-state index is 10.1. The van der Waals surface area contributed by atoms with E-state index in [1.165, 1.54) is 4.88 Å². The summed E-state index contributed by atoms with van der Waals surface area (Å²) >= 11 is 1.81. The first kappa shape index (κ1) is 21.0. The van der Waals surface area contributed by atoms with Crippen LogP contribution in [0.2, 0.25) is 0 Å². The molecule has 1 aromatic carbocycles. The first-order valence-corrected chi connectivity index (χ1v) is 11.5. The number of nitrogens with one attached hydrogen (secondary N) is 1. The highest BCUT2D eigenvalue weighted by atomic mass is 32.1. The SMILES string of the molecule is CN=C(NCC(c1cccs1)N1CCOCC1)N1CCN(c2ccccc2O)CC1. The zero-order valence-electron chi connectivity index (χ0n) is 17.5. The summed E-state index contributed by atoms with van der Waals surface area (Å²) in [5.41, 5.74) is 0.908. The number of nitrogens with zero attached hydrogens (tertiary/aromatic N) is 4. The molecule has 2 saturated heterocycles. The first-order chi connectivity index (χ1) is 14.8. The number of piperazine rings is 1. The molecule has 0 aliphatic carbocycles. The van der Waals surface area contributed by atoms with E-state index < -0.39 is 0 Å². The molecule has 2 aliphatic heterocycles. The number of anilines is 1. The summed E-state index contributed by atoms with van der Waals surface area (Å²) in [5, 5.41) is 15.9. The Hall–Kier alpha value is -2.29. The molecule has 2 aromatic rings. The number of rotatable bonds is 5. The number of morpholine rings is 1. The van der Waals surface area contributed by atoms with Gasteiger partial charge in [-0.25, -0.2) is 0 Å².